The lowest BCUT2D eigenvalue weighted by molar-refractivity contribution is 0.321. The number of aryl methyl sites for hydroxylation is 2. The highest BCUT2D eigenvalue weighted by Gasteiger charge is 2.14. The van der Waals surface area contributed by atoms with Gasteiger partial charge in [0.1, 0.15) is 5.75 Å². The van der Waals surface area contributed by atoms with Crippen LogP contribution in [0.3, 0.4) is 0 Å². The zero-order valence-corrected chi connectivity index (χ0v) is 11.7. The van der Waals surface area contributed by atoms with Crippen molar-refractivity contribution in [3.05, 3.63) is 39.8 Å². The van der Waals surface area contributed by atoms with E-state index in [1.807, 2.05) is 35.6 Å². The predicted octanol–water partition coefficient (Wildman–Crippen LogP) is 3.23. The monoisotopic (exact) mass is 274 g/mol. The van der Waals surface area contributed by atoms with Crippen LogP contribution in [0.4, 0.5) is 5.69 Å². The molecule has 0 spiro atoms. The van der Waals surface area contributed by atoms with E-state index >= 15 is 0 Å². The van der Waals surface area contributed by atoms with Gasteiger partial charge in [-0.1, -0.05) is 0 Å². The molecule has 1 aromatic heterocycles. The lowest BCUT2D eigenvalue weighted by Crippen LogP contribution is -2.02. The van der Waals surface area contributed by atoms with Crippen LogP contribution in [0.25, 0.3) is 0 Å². The predicted molar refractivity (Wildman–Crippen MR) is 78.8 cm³/mol. The standard InChI is InChI=1S/C15H18N2OS/c16-11-5-7-12(8-6-11)18-10-9-15-17-13-3-1-2-4-14(13)19-15/h5-8H,1-4,9-10,16H2. The zero-order chi connectivity index (χ0) is 13.1. The molecule has 0 bridgehead atoms. The fourth-order valence-corrected chi connectivity index (χ4v) is 3.47. The van der Waals surface area contributed by atoms with Gasteiger partial charge in [-0.05, 0) is 49.9 Å². The second-order valence-electron chi connectivity index (χ2n) is 4.85. The molecular weight excluding hydrogens is 256 g/mol. The highest BCUT2D eigenvalue weighted by atomic mass is 32.1. The number of aromatic nitrogens is 1. The van der Waals surface area contributed by atoms with E-state index in [0.717, 1.165) is 24.3 Å². The number of rotatable bonds is 4. The fourth-order valence-electron chi connectivity index (χ4n) is 2.33. The van der Waals surface area contributed by atoms with Gasteiger partial charge in [-0.25, -0.2) is 4.98 Å². The first-order chi connectivity index (χ1) is 9.31. The molecule has 4 heteroatoms. The van der Waals surface area contributed by atoms with Crippen LogP contribution in [-0.4, -0.2) is 11.6 Å². The Morgan fingerprint density at radius 2 is 1.95 bits per heavy atom. The lowest BCUT2D eigenvalue weighted by atomic mass is 10.0. The van der Waals surface area contributed by atoms with E-state index in [1.165, 1.54) is 34.8 Å². The molecule has 0 atom stereocenters. The number of hydrogen-bond acceptors (Lipinski definition) is 4. The van der Waals surface area contributed by atoms with Crippen molar-refractivity contribution >= 4 is 17.0 Å². The number of nitrogens with two attached hydrogens (primary N) is 1. The van der Waals surface area contributed by atoms with Gasteiger partial charge in [-0.15, -0.1) is 11.3 Å². The first-order valence-corrected chi connectivity index (χ1v) is 7.59. The maximum atomic E-state index is 5.71. The molecule has 100 valence electrons. The largest absolute Gasteiger partial charge is 0.493 e. The van der Waals surface area contributed by atoms with Gasteiger partial charge in [-0.3, -0.25) is 0 Å². The molecule has 0 aliphatic heterocycles. The normalized spacial score (nSPS) is 14.1. The molecular formula is C15H18N2OS. The average Bonchev–Trinajstić information content (AvgIpc) is 2.83. The number of thiazole rings is 1. The van der Waals surface area contributed by atoms with Crippen molar-refractivity contribution < 1.29 is 4.74 Å². The first kappa shape index (κ1) is 12.5. The molecule has 3 rings (SSSR count). The van der Waals surface area contributed by atoms with Gasteiger partial charge in [0.05, 0.1) is 17.3 Å². The number of ether oxygens (including phenoxy) is 1. The summed E-state index contributed by atoms with van der Waals surface area (Å²) in [7, 11) is 0. The molecule has 3 nitrogen and oxygen atoms in total. The molecule has 0 unspecified atom stereocenters. The van der Waals surface area contributed by atoms with Crippen LogP contribution >= 0.6 is 11.3 Å². The number of fused-ring (bicyclic) bond motifs is 1. The van der Waals surface area contributed by atoms with Crippen molar-refractivity contribution in [2.45, 2.75) is 32.1 Å². The van der Waals surface area contributed by atoms with E-state index in [-0.39, 0.29) is 0 Å². The Hall–Kier alpha value is -1.55. The Balaban J connectivity index is 1.54. The summed E-state index contributed by atoms with van der Waals surface area (Å²) in [5.41, 5.74) is 7.73. The number of hydrogen-bond donors (Lipinski definition) is 1. The second-order valence-corrected chi connectivity index (χ2v) is 6.02. The third-order valence-corrected chi connectivity index (χ3v) is 4.57. The average molecular weight is 274 g/mol. The van der Waals surface area contributed by atoms with Gasteiger partial charge in [0.25, 0.3) is 0 Å². The van der Waals surface area contributed by atoms with Crippen molar-refractivity contribution in [1.29, 1.82) is 0 Å². The molecule has 1 aliphatic rings. The van der Waals surface area contributed by atoms with E-state index < -0.39 is 0 Å². The second kappa shape index (κ2) is 5.61. The molecule has 0 radical (unpaired) electrons. The summed E-state index contributed by atoms with van der Waals surface area (Å²) >= 11 is 1.86. The molecule has 0 saturated heterocycles. The summed E-state index contributed by atoms with van der Waals surface area (Å²) in [6.07, 6.45) is 5.87. The van der Waals surface area contributed by atoms with Crippen LogP contribution < -0.4 is 10.5 Å². The van der Waals surface area contributed by atoms with Gasteiger partial charge >= 0.3 is 0 Å². The van der Waals surface area contributed by atoms with Crippen molar-refractivity contribution in [2.24, 2.45) is 0 Å². The topological polar surface area (TPSA) is 48.1 Å². The highest BCUT2D eigenvalue weighted by Crippen LogP contribution is 2.27. The molecule has 1 aromatic carbocycles. The Morgan fingerprint density at radius 1 is 1.16 bits per heavy atom. The first-order valence-electron chi connectivity index (χ1n) is 6.77. The van der Waals surface area contributed by atoms with Gasteiger partial charge < -0.3 is 10.5 Å². The van der Waals surface area contributed by atoms with Crippen LogP contribution in [-0.2, 0) is 19.3 Å². The number of anilines is 1. The van der Waals surface area contributed by atoms with Crippen LogP contribution in [0, 0.1) is 0 Å². The van der Waals surface area contributed by atoms with Crippen LogP contribution in [0.5, 0.6) is 5.75 Å². The molecule has 0 fully saturated rings. The van der Waals surface area contributed by atoms with E-state index in [0.29, 0.717) is 6.61 Å². The minimum Gasteiger partial charge on any atom is -0.493 e. The van der Waals surface area contributed by atoms with Gasteiger partial charge in [0.2, 0.25) is 0 Å². The minimum atomic E-state index is 0.677. The van der Waals surface area contributed by atoms with Crippen LogP contribution in [0.1, 0.15) is 28.4 Å². The molecule has 2 aromatic rings. The fraction of sp³-hybridized carbons (Fsp3) is 0.400. The van der Waals surface area contributed by atoms with E-state index in [4.69, 9.17) is 15.5 Å². The third-order valence-electron chi connectivity index (χ3n) is 3.35. The summed E-state index contributed by atoms with van der Waals surface area (Å²) in [5, 5.41) is 1.21. The van der Waals surface area contributed by atoms with Gasteiger partial charge in [0.15, 0.2) is 0 Å². The van der Waals surface area contributed by atoms with E-state index in [9.17, 15) is 0 Å². The highest BCUT2D eigenvalue weighted by molar-refractivity contribution is 7.11. The molecule has 1 aliphatic carbocycles. The SMILES string of the molecule is Nc1ccc(OCCc2nc3c(s2)CCCC3)cc1. The molecule has 19 heavy (non-hydrogen) atoms. The van der Waals surface area contributed by atoms with Crippen LogP contribution in [0.2, 0.25) is 0 Å². The number of benzene rings is 1. The van der Waals surface area contributed by atoms with Crippen molar-refractivity contribution in [2.75, 3.05) is 12.3 Å². The van der Waals surface area contributed by atoms with Gasteiger partial charge in [0, 0.05) is 17.0 Å². The summed E-state index contributed by atoms with van der Waals surface area (Å²) in [6, 6.07) is 7.53. The quantitative estimate of drug-likeness (QED) is 0.871. The third kappa shape index (κ3) is 3.07. The van der Waals surface area contributed by atoms with Crippen molar-refractivity contribution in [3.8, 4) is 5.75 Å². The smallest absolute Gasteiger partial charge is 0.119 e. The maximum Gasteiger partial charge on any atom is 0.119 e. The Morgan fingerprint density at radius 3 is 2.74 bits per heavy atom. The van der Waals surface area contributed by atoms with Gasteiger partial charge in [-0.2, -0.15) is 0 Å². The van der Waals surface area contributed by atoms with E-state index in [2.05, 4.69) is 0 Å². The van der Waals surface area contributed by atoms with Crippen molar-refractivity contribution in [1.82, 2.24) is 4.98 Å². The lowest BCUT2D eigenvalue weighted by Gasteiger charge is -2.06. The summed E-state index contributed by atoms with van der Waals surface area (Å²) in [5.74, 6) is 0.871. The summed E-state index contributed by atoms with van der Waals surface area (Å²) in [6.45, 7) is 0.677. The minimum absolute atomic E-state index is 0.677. The summed E-state index contributed by atoms with van der Waals surface area (Å²) in [4.78, 5) is 6.21. The number of nitrogens with zero attached hydrogens (tertiary/aromatic N) is 1. The summed E-state index contributed by atoms with van der Waals surface area (Å²) < 4.78 is 5.71. The zero-order valence-electron chi connectivity index (χ0n) is 10.9. The number of nitrogen functional groups attached to an aromatic ring is 1. The van der Waals surface area contributed by atoms with E-state index in [1.54, 1.807) is 0 Å². The molecule has 0 amide bonds. The molecule has 0 saturated carbocycles. The Labute approximate surface area is 117 Å². The molecule has 1 heterocycles. The van der Waals surface area contributed by atoms with Crippen molar-refractivity contribution in [3.63, 3.8) is 0 Å². The van der Waals surface area contributed by atoms with Crippen LogP contribution in [0.15, 0.2) is 24.3 Å². The molecule has 2 N–H and O–H groups in total. The maximum absolute atomic E-state index is 5.71. The Bertz CT molecular complexity index is 524. The Kier molecular flexibility index (Phi) is 3.69.